The molecule has 12 heteroatoms. The van der Waals surface area contributed by atoms with Crippen LogP contribution in [0, 0.1) is 0 Å². The van der Waals surface area contributed by atoms with Gasteiger partial charge in [0.05, 0.1) is 17.7 Å². The van der Waals surface area contributed by atoms with Crippen LogP contribution in [0.3, 0.4) is 0 Å². The molecule has 1 aliphatic rings. The number of hydrogen-bond acceptors (Lipinski definition) is 7. The van der Waals surface area contributed by atoms with E-state index in [2.05, 4.69) is 10.0 Å². The number of phenols is 1. The Morgan fingerprint density at radius 2 is 1.64 bits per heavy atom. The molecule has 0 spiro atoms. The highest BCUT2D eigenvalue weighted by molar-refractivity contribution is 7.92. The van der Waals surface area contributed by atoms with Gasteiger partial charge in [-0.05, 0) is 66.4 Å². The van der Waals surface area contributed by atoms with Crippen LogP contribution in [-0.4, -0.2) is 62.0 Å². The van der Waals surface area contributed by atoms with E-state index < -0.39 is 22.2 Å². The number of carboxylic acid groups (broad SMARTS) is 1. The van der Waals surface area contributed by atoms with Crippen LogP contribution < -0.4 is 19.5 Å². The van der Waals surface area contributed by atoms with Crippen molar-refractivity contribution in [3.05, 3.63) is 91.0 Å². The summed E-state index contributed by atoms with van der Waals surface area (Å²) in [5, 5.41) is 25.7. The quantitative estimate of drug-likeness (QED) is 0.135. The molecule has 11 nitrogen and oxygen atoms in total. The highest BCUT2D eigenvalue weighted by atomic mass is 32.2. The maximum atomic E-state index is 13.6. The molecule has 4 N–H and O–H groups in total. The van der Waals surface area contributed by atoms with E-state index in [9.17, 15) is 28.2 Å². The topological polar surface area (TPSA) is 154 Å². The zero-order chi connectivity index (χ0) is 33.1. The van der Waals surface area contributed by atoms with E-state index in [1.807, 2.05) is 24.3 Å². The van der Waals surface area contributed by atoms with Crippen LogP contribution in [0.4, 0.5) is 15.3 Å². The van der Waals surface area contributed by atoms with Gasteiger partial charge in [0.15, 0.2) is 0 Å². The number of phenolic OH excluding ortho intramolecular Hbond substituents is 1. The Kier molecular flexibility index (Phi) is 8.77. The van der Waals surface area contributed by atoms with Crippen molar-refractivity contribution in [2.45, 2.75) is 30.2 Å². The molecule has 47 heavy (non-hydrogen) atoms. The second kappa shape index (κ2) is 13.1. The summed E-state index contributed by atoms with van der Waals surface area (Å²) in [6.07, 6.45) is 0.142. The summed E-state index contributed by atoms with van der Waals surface area (Å²) < 4.78 is 41.0. The fraction of sp³-hybridized carbons (Fsp3) is 0.200. The largest absolute Gasteiger partial charge is 0.507 e. The van der Waals surface area contributed by atoms with Crippen LogP contribution in [-0.2, 0) is 10.0 Å². The van der Waals surface area contributed by atoms with Gasteiger partial charge in [-0.1, -0.05) is 54.6 Å². The molecule has 0 aromatic heterocycles. The highest BCUT2D eigenvalue weighted by Crippen LogP contribution is 2.47. The third-order valence-corrected chi connectivity index (χ3v) is 9.73. The number of ether oxygens (including phenoxy) is 2. The van der Waals surface area contributed by atoms with Crippen molar-refractivity contribution in [3.8, 4) is 28.4 Å². The minimum absolute atomic E-state index is 0.0142. The normalized spacial score (nSPS) is 14.7. The van der Waals surface area contributed by atoms with Crippen molar-refractivity contribution in [1.82, 2.24) is 10.2 Å². The van der Waals surface area contributed by atoms with Gasteiger partial charge in [-0.3, -0.25) is 4.72 Å². The van der Waals surface area contributed by atoms with Gasteiger partial charge in [-0.25, -0.2) is 18.0 Å². The Balaban J connectivity index is 1.42. The van der Waals surface area contributed by atoms with Gasteiger partial charge >= 0.3 is 12.2 Å². The van der Waals surface area contributed by atoms with E-state index in [4.69, 9.17) is 9.47 Å². The summed E-state index contributed by atoms with van der Waals surface area (Å²) in [5.74, 6) is 0.527. The fourth-order valence-electron chi connectivity index (χ4n) is 6.09. The second-order valence-electron chi connectivity index (χ2n) is 11.2. The molecule has 1 atom stereocenters. The van der Waals surface area contributed by atoms with E-state index in [1.165, 1.54) is 30.2 Å². The second-order valence-corrected chi connectivity index (χ2v) is 12.9. The third kappa shape index (κ3) is 6.45. The maximum absolute atomic E-state index is 13.6. The van der Waals surface area contributed by atoms with Crippen molar-refractivity contribution < 1.29 is 37.7 Å². The lowest BCUT2D eigenvalue weighted by atomic mass is 9.93. The van der Waals surface area contributed by atoms with Crippen LogP contribution in [0.15, 0.2) is 95.9 Å². The van der Waals surface area contributed by atoms with Crippen LogP contribution in [0.2, 0.25) is 0 Å². The number of carbonyl (C=O) groups excluding carboxylic acids is 1. The summed E-state index contributed by atoms with van der Waals surface area (Å²) in [6.45, 7) is 0.642. The lowest BCUT2D eigenvalue weighted by Gasteiger charge is -2.22. The molecule has 0 bridgehead atoms. The van der Waals surface area contributed by atoms with Crippen LogP contribution >= 0.6 is 0 Å². The zero-order valence-corrected chi connectivity index (χ0v) is 26.3. The summed E-state index contributed by atoms with van der Waals surface area (Å²) in [4.78, 5) is 26.2. The molecule has 0 unspecified atom stereocenters. The number of nitrogens with one attached hydrogen (secondary N) is 2. The summed E-state index contributed by atoms with van der Waals surface area (Å²) >= 11 is 0. The highest BCUT2D eigenvalue weighted by Gasteiger charge is 2.28. The number of carbonyl (C=O) groups is 2. The maximum Gasteiger partial charge on any atom is 0.412 e. The number of aromatic hydroxyl groups is 1. The summed E-state index contributed by atoms with van der Waals surface area (Å²) in [7, 11) is -2.59. The van der Waals surface area contributed by atoms with Crippen molar-refractivity contribution >= 4 is 49.4 Å². The standard InChI is InChI=1S/C35H33N3O8S/c1-45-24-13-15-25(16-14-24)47(43,44)37-30-21-29(32-26-9-3-2-7-22(26)12-17-31(32)39)33(28-11-5-4-10-27(28)30)46-34(40)36-19-18-23-8-6-20-38(23)35(41)42/h2-5,7,9-17,21,23,37,39H,6,8,18-20H2,1H3,(H,36,40)(H,41,42)/t23-/m1/s1. The molecule has 0 saturated carbocycles. The molecule has 0 radical (unpaired) electrons. The molecule has 1 saturated heterocycles. The molecule has 1 aliphatic heterocycles. The van der Waals surface area contributed by atoms with Gasteiger partial charge in [0.25, 0.3) is 10.0 Å². The first-order valence-electron chi connectivity index (χ1n) is 15.0. The Morgan fingerprint density at radius 3 is 2.36 bits per heavy atom. The predicted octanol–water partition coefficient (Wildman–Crippen LogP) is 6.80. The average molecular weight is 656 g/mol. The first kappa shape index (κ1) is 31.5. The van der Waals surface area contributed by atoms with Gasteiger partial charge < -0.3 is 29.9 Å². The summed E-state index contributed by atoms with van der Waals surface area (Å²) in [6, 6.07) is 24.9. The molecule has 1 fully saturated rings. The van der Waals surface area contributed by atoms with Crippen LogP contribution in [0.5, 0.6) is 17.2 Å². The smallest absolute Gasteiger partial charge is 0.412 e. The van der Waals surface area contributed by atoms with Crippen molar-refractivity contribution in [3.63, 3.8) is 0 Å². The van der Waals surface area contributed by atoms with Gasteiger partial charge in [0.2, 0.25) is 0 Å². The Bertz CT molecular complexity index is 2080. The number of rotatable bonds is 9. The van der Waals surface area contributed by atoms with Crippen LogP contribution in [0.1, 0.15) is 19.3 Å². The van der Waals surface area contributed by atoms with Crippen molar-refractivity contribution in [1.29, 1.82) is 0 Å². The molecule has 2 amide bonds. The van der Waals surface area contributed by atoms with Gasteiger partial charge in [-0.2, -0.15) is 0 Å². The molecular weight excluding hydrogens is 622 g/mol. The molecule has 242 valence electrons. The van der Waals surface area contributed by atoms with E-state index in [1.54, 1.807) is 48.5 Å². The monoisotopic (exact) mass is 655 g/mol. The number of likely N-dealkylation sites (tertiary alicyclic amines) is 1. The number of amides is 2. The third-order valence-electron chi connectivity index (χ3n) is 8.35. The minimum Gasteiger partial charge on any atom is -0.507 e. The van der Waals surface area contributed by atoms with E-state index in [0.717, 1.165) is 11.8 Å². The number of methoxy groups -OCH3 is 1. The minimum atomic E-state index is -4.08. The number of nitrogens with zero attached hydrogens (tertiary/aromatic N) is 1. The molecule has 5 aromatic rings. The number of hydrogen-bond donors (Lipinski definition) is 4. The Morgan fingerprint density at radius 1 is 0.936 bits per heavy atom. The van der Waals surface area contributed by atoms with Gasteiger partial charge in [0, 0.05) is 41.0 Å². The van der Waals surface area contributed by atoms with Gasteiger partial charge in [0.1, 0.15) is 17.2 Å². The Hall–Kier alpha value is -5.49. The Labute approximate surface area is 271 Å². The first-order chi connectivity index (χ1) is 22.7. The SMILES string of the molecule is COc1ccc(S(=O)(=O)Nc2cc(-c3c(O)ccc4ccccc34)c(OC(=O)NCC[C@H]3CCCN3C(=O)O)c3ccccc23)cc1. The number of benzene rings is 5. The molecular formula is C35H33N3O8S. The number of anilines is 1. The lowest BCUT2D eigenvalue weighted by molar-refractivity contribution is 0.138. The fourth-order valence-corrected chi connectivity index (χ4v) is 7.16. The number of sulfonamides is 1. The van der Waals surface area contributed by atoms with Crippen molar-refractivity contribution in [2.24, 2.45) is 0 Å². The van der Waals surface area contributed by atoms with Gasteiger partial charge in [-0.15, -0.1) is 0 Å². The first-order valence-corrected chi connectivity index (χ1v) is 16.5. The van der Waals surface area contributed by atoms with Crippen molar-refractivity contribution in [2.75, 3.05) is 24.9 Å². The van der Waals surface area contributed by atoms with E-state index in [-0.39, 0.29) is 40.2 Å². The molecule has 0 aliphatic carbocycles. The zero-order valence-electron chi connectivity index (χ0n) is 25.5. The summed E-state index contributed by atoms with van der Waals surface area (Å²) in [5.41, 5.74) is 0.847. The molecule has 1 heterocycles. The molecule has 6 rings (SSSR count). The van der Waals surface area contributed by atoms with Crippen LogP contribution in [0.25, 0.3) is 32.7 Å². The van der Waals surface area contributed by atoms with E-state index >= 15 is 0 Å². The number of fused-ring (bicyclic) bond motifs is 2. The lowest BCUT2D eigenvalue weighted by Crippen LogP contribution is -2.37. The predicted molar refractivity (Wildman–Crippen MR) is 179 cm³/mol. The molecule has 5 aromatic carbocycles. The average Bonchev–Trinajstić information content (AvgIpc) is 3.55. The van der Waals surface area contributed by atoms with E-state index in [0.29, 0.717) is 46.9 Å².